The zero-order chi connectivity index (χ0) is 15.9. The van der Waals surface area contributed by atoms with Gasteiger partial charge in [-0.15, -0.1) is 11.8 Å². The Kier molecular flexibility index (Phi) is 6.73. The summed E-state index contributed by atoms with van der Waals surface area (Å²) in [6, 6.07) is 14.7. The molecular weight excluding hydrogens is 376 g/mol. The molecule has 0 aromatic heterocycles. The third-order valence-corrected chi connectivity index (χ3v) is 4.90. The lowest BCUT2D eigenvalue weighted by Gasteiger charge is -2.13. The van der Waals surface area contributed by atoms with Crippen molar-refractivity contribution in [1.82, 2.24) is 5.32 Å². The molecule has 0 atom stereocenters. The van der Waals surface area contributed by atoms with Gasteiger partial charge in [0.1, 0.15) is 0 Å². The topological polar surface area (TPSA) is 24.1 Å². The second kappa shape index (κ2) is 8.56. The van der Waals surface area contributed by atoms with Gasteiger partial charge >= 0.3 is 0 Å². The molecule has 0 fully saturated rings. The van der Waals surface area contributed by atoms with Crippen molar-refractivity contribution in [3.63, 3.8) is 0 Å². The molecule has 0 aliphatic heterocycles. The lowest BCUT2D eigenvalue weighted by molar-refractivity contribution is 0.989. The molecule has 0 saturated heterocycles. The molecule has 0 spiro atoms. The Morgan fingerprint density at radius 3 is 2.59 bits per heavy atom. The second-order valence-corrected chi connectivity index (χ2v) is 7.49. The minimum absolute atomic E-state index is 0.671. The largest absolute Gasteiger partial charge is 0.362 e. The first kappa shape index (κ1) is 17.3. The van der Waals surface area contributed by atoms with Crippen LogP contribution in [-0.4, -0.2) is 17.4 Å². The van der Waals surface area contributed by atoms with Crippen molar-refractivity contribution >= 4 is 50.7 Å². The summed E-state index contributed by atoms with van der Waals surface area (Å²) in [6.45, 7) is 4.99. The highest BCUT2D eigenvalue weighted by Crippen LogP contribution is 2.20. The Morgan fingerprint density at radius 1 is 1.14 bits per heavy atom. The molecule has 2 N–H and O–H groups in total. The summed E-state index contributed by atoms with van der Waals surface area (Å²) in [5, 5.41) is 7.18. The fraction of sp³-hybridized carbons (Fsp3) is 0.235. The van der Waals surface area contributed by atoms with Gasteiger partial charge in [-0.25, -0.2) is 0 Å². The summed E-state index contributed by atoms with van der Waals surface area (Å²) in [5.74, 6) is 0.969. The Bertz CT molecular complexity index is 642. The van der Waals surface area contributed by atoms with Crippen molar-refractivity contribution in [2.75, 3.05) is 17.6 Å². The molecule has 0 unspecified atom stereocenters. The normalized spacial score (nSPS) is 10.3. The molecule has 2 nitrogen and oxygen atoms in total. The highest BCUT2D eigenvalue weighted by Gasteiger charge is 2.01. The highest BCUT2D eigenvalue weighted by atomic mass is 79.9. The van der Waals surface area contributed by atoms with Crippen molar-refractivity contribution in [3.05, 3.63) is 58.1 Å². The monoisotopic (exact) mass is 394 g/mol. The van der Waals surface area contributed by atoms with Crippen LogP contribution in [0.3, 0.4) is 0 Å². The lowest BCUT2D eigenvalue weighted by atomic mass is 10.1. The zero-order valence-electron chi connectivity index (χ0n) is 12.7. The van der Waals surface area contributed by atoms with Gasteiger partial charge in [-0.2, -0.15) is 0 Å². The summed E-state index contributed by atoms with van der Waals surface area (Å²) in [7, 11) is 0. The minimum Gasteiger partial charge on any atom is -0.362 e. The van der Waals surface area contributed by atoms with Crippen molar-refractivity contribution in [3.8, 4) is 0 Å². The zero-order valence-corrected chi connectivity index (χ0v) is 15.9. The van der Waals surface area contributed by atoms with Gasteiger partial charge in [-0.3, -0.25) is 0 Å². The molecule has 5 heteroatoms. The van der Waals surface area contributed by atoms with E-state index in [-0.39, 0.29) is 0 Å². The molecule has 2 rings (SSSR count). The van der Waals surface area contributed by atoms with Gasteiger partial charge in [0.25, 0.3) is 0 Å². The van der Waals surface area contributed by atoms with Crippen molar-refractivity contribution in [1.29, 1.82) is 0 Å². The molecule has 0 aliphatic carbocycles. The van der Waals surface area contributed by atoms with Crippen LogP contribution in [0, 0.1) is 13.8 Å². The average Bonchev–Trinajstić information content (AvgIpc) is 2.49. The Balaban J connectivity index is 1.74. The van der Waals surface area contributed by atoms with Gasteiger partial charge in [0.2, 0.25) is 0 Å². The summed E-state index contributed by atoms with van der Waals surface area (Å²) in [6.07, 6.45) is 0. The number of rotatable bonds is 5. The SMILES string of the molecule is Cc1ccc(C)c(NC(=S)NCCSc2ccc(Br)cc2)c1. The van der Waals surface area contributed by atoms with Crippen LogP contribution in [0.2, 0.25) is 0 Å². The Hall–Kier alpha value is -1.04. The Morgan fingerprint density at radius 2 is 1.86 bits per heavy atom. The molecule has 22 heavy (non-hydrogen) atoms. The van der Waals surface area contributed by atoms with E-state index in [0.29, 0.717) is 5.11 Å². The standard InChI is InChI=1S/C17H19BrN2S2/c1-12-3-4-13(2)16(11-12)20-17(21)19-9-10-22-15-7-5-14(18)6-8-15/h3-8,11H,9-10H2,1-2H3,(H2,19,20,21). The maximum absolute atomic E-state index is 5.35. The third kappa shape index (κ3) is 5.63. The number of anilines is 1. The van der Waals surface area contributed by atoms with E-state index in [1.165, 1.54) is 16.0 Å². The van der Waals surface area contributed by atoms with E-state index in [4.69, 9.17) is 12.2 Å². The third-order valence-electron chi connectivity index (χ3n) is 3.11. The van der Waals surface area contributed by atoms with E-state index < -0.39 is 0 Å². The lowest BCUT2D eigenvalue weighted by Crippen LogP contribution is -2.30. The van der Waals surface area contributed by atoms with Crippen molar-refractivity contribution in [2.24, 2.45) is 0 Å². The molecule has 116 valence electrons. The highest BCUT2D eigenvalue weighted by molar-refractivity contribution is 9.10. The molecule has 0 radical (unpaired) electrons. The number of hydrogen-bond donors (Lipinski definition) is 2. The second-order valence-electron chi connectivity index (χ2n) is 5.00. The molecule has 2 aromatic carbocycles. The summed E-state index contributed by atoms with van der Waals surface area (Å²) >= 11 is 10.6. The van der Waals surface area contributed by atoms with Crippen molar-refractivity contribution < 1.29 is 0 Å². The number of benzene rings is 2. The summed E-state index contributed by atoms with van der Waals surface area (Å²) in [5.41, 5.74) is 3.48. The average molecular weight is 395 g/mol. The first-order valence-corrected chi connectivity index (χ1v) is 9.24. The molecule has 0 saturated carbocycles. The molecule has 2 aromatic rings. The molecule has 0 bridgehead atoms. The van der Waals surface area contributed by atoms with Crippen LogP contribution in [0.25, 0.3) is 0 Å². The van der Waals surface area contributed by atoms with Crippen LogP contribution in [0.4, 0.5) is 5.69 Å². The maximum atomic E-state index is 5.35. The van der Waals surface area contributed by atoms with E-state index in [2.05, 4.69) is 82.9 Å². The van der Waals surface area contributed by atoms with Crippen molar-refractivity contribution in [2.45, 2.75) is 18.7 Å². The number of halogens is 1. The van der Waals surface area contributed by atoms with Gasteiger partial charge in [0, 0.05) is 27.4 Å². The van der Waals surface area contributed by atoms with Gasteiger partial charge in [0.15, 0.2) is 5.11 Å². The van der Waals surface area contributed by atoms with Gasteiger partial charge in [-0.05, 0) is 67.5 Å². The van der Waals surface area contributed by atoms with Gasteiger partial charge < -0.3 is 10.6 Å². The first-order valence-electron chi connectivity index (χ1n) is 7.05. The van der Waals surface area contributed by atoms with Gasteiger partial charge in [0.05, 0.1) is 0 Å². The number of aryl methyl sites for hydroxylation is 2. The molecule has 0 heterocycles. The summed E-state index contributed by atoms with van der Waals surface area (Å²) < 4.78 is 1.11. The quantitative estimate of drug-likeness (QED) is 0.416. The number of thiocarbonyl (C=S) groups is 1. The number of thioether (sulfide) groups is 1. The smallest absolute Gasteiger partial charge is 0.170 e. The first-order chi connectivity index (χ1) is 10.5. The number of nitrogens with one attached hydrogen (secondary N) is 2. The van der Waals surface area contributed by atoms with E-state index in [0.717, 1.165) is 22.5 Å². The van der Waals surface area contributed by atoms with E-state index in [1.54, 1.807) is 0 Å². The van der Waals surface area contributed by atoms with Crippen LogP contribution < -0.4 is 10.6 Å². The maximum Gasteiger partial charge on any atom is 0.170 e. The van der Waals surface area contributed by atoms with Crippen LogP contribution in [0.15, 0.2) is 51.8 Å². The summed E-state index contributed by atoms with van der Waals surface area (Å²) in [4.78, 5) is 1.26. The Labute approximate surface area is 150 Å². The number of hydrogen-bond acceptors (Lipinski definition) is 2. The molecule has 0 amide bonds. The van der Waals surface area contributed by atoms with E-state index in [9.17, 15) is 0 Å². The van der Waals surface area contributed by atoms with Crippen LogP contribution in [0.1, 0.15) is 11.1 Å². The van der Waals surface area contributed by atoms with E-state index >= 15 is 0 Å². The minimum atomic E-state index is 0.671. The van der Waals surface area contributed by atoms with Gasteiger partial charge in [-0.1, -0.05) is 28.1 Å². The predicted octanol–water partition coefficient (Wildman–Crippen LogP) is 5.14. The van der Waals surface area contributed by atoms with Crippen LogP contribution >= 0.6 is 39.9 Å². The van der Waals surface area contributed by atoms with Crippen LogP contribution in [-0.2, 0) is 0 Å². The molecule has 0 aliphatic rings. The predicted molar refractivity (Wildman–Crippen MR) is 105 cm³/mol. The fourth-order valence-electron chi connectivity index (χ4n) is 1.90. The van der Waals surface area contributed by atoms with Crippen LogP contribution in [0.5, 0.6) is 0 Å². The fourth-order valence-corrected chi connectivity index (χ4v) is 3.15. The van der Waals surface area contributed by atoms with E-state index in [1.807, 2.05) is 11.8 Å². The molecular formula is C17H19BrN2S2.